The van der Waals surface area contributed by atoms with Crippen molar-refractivity contribution < 1.29 is 9.18 Å². The lowest BCUT2D eigenvalue weighted by atomic mass is 10.0. The van der Waals surface area contributed by atoms with Crippen LogP contribution in [-0.4, -0.2) is 10.5 Å². The SMILES string of the molecule is Cc1c(C(=O)NCc2ccc(F)cc2)c(=O)n(C)c2cc(Br)ccc12. The van der Waals surface area contributed by atoms with Crippen LogP contribution in [0.3, 0.4) is 0 Å². The number of aryl methyl sites for hydroxylation is 2. The van der Waals surface area contributed by atoms with Crippen LogP contribution in [0, 0.1) is 12.7 Å². The average molecular weight is 403 g/mol. The van der Waals surface area contributed by atoms with Crippen molar-refractivity contribution in [1.29, 1.82) is 0 Å². The Labute approximate surface area is 152 Å². The maximum atomic E-state index is 12.9. The Morgan fingerprint density at radius 3 is 2.56 bits per heavy atom. The number of nitrogens with one attached hydrogen (secondary N) is 1. The van der Waals surface area contributed by atoms with Gasteiger partial charge in [-0.25, -0.2) is 4.39 Å². The standard InChI is InChI=1S/C19H16BrFN2O2/c1-11-15-8-5-13(20)9-16(15)23(2)19(25)17(11)18(24)22-10-12-3-6-14(21)7-4-12/h3-9H,10H2,1-2H3,(H,22,24). The summed E-state index contributed by atoms with van der Waals surface area (Å²) in [6, 6.07) is 11.5. The van der Waals surface area contributed by atoms with Crippen molar-refractivity contribution in [3.05, 3.63) is 79.8 Å². The predicted octanol–water partition coefficient (Wildman–Crippen LogP) is 3.68. The highest BCUT2D eigenvalue weighted by Crippen LogP contribution is 2.23. The van der Waals surface area contributed by atoms with Gasteiger partial charge in [0.25, 0.3) is 11.5 Å². The van der Waals surface area contributed by atoms with E-state index in [2.05, 4.69) is 21.2 Å². The molecule has 0 saturated carbocycles. The first-order chi connectivity index (χ1) is 11.9. The zero-order valence-corrected chi connectivity index (χ0v) is 15.4. The monoisotopic (exact) mass is 402 g/mol. The molecule has 4 nitrogen and oxygen atoms in total. The Kier molecular flexibility index (Phi) is 4.72. The fourth-order valence-corrected chi connectivity index (χ4v) is 3.16. The largest absolute Gasteiger partial charge is 0.348 e. The summed E-state index contributed by atoms with van der Waals surface area (Å²) in [6.45, 7) is 1.99. The Balaban J connectivity index is 1.97. The summed E-state index contributed by atoms with van der Waals surface area (Å²) in [7, 11) is 1.65. The van der Waals surface area contributed by atoms with Crippen LogP contribution in [0.25, 0.3) is 10.9 Å². The van der Waals surface area contributed by atoms with Gasteiger partial charge in [0.2, 0.25) is 0 Å². The molecule has 1 heterocycles. The second-order valence-electron chi connectivity index (χ2n) is 5.83. The predicted molar refractivity (Wildman–Crippen MR) is 99.2 cm³/mol. The molecule has 0 radical (unpaired) electrons. The van der Waals surface area contributed by atoms with Gasteiger partial charge in [0.15, 0.2) is 0 Å². The number of aromatic nitrogens is 1. The van der Waals surface area contributed by atoms with Gasteiger partial charge in [-0.3, -0.25) is 9.59 Å². The molecule has 0 aliphatic carbocycles. The van der Waals surface area contributed by atoms with Crippen LogP contribution in [0.5, 0.6) is 0 Å². The molecule has 1 aromatic heterocycles. The van der Waals surface area contributed by atoms with E-state index >= 15 is 0 Å². The molecule has 1 N–H and O–H groups in total. The second-order valence-corrected chi connectivity index (χ2v) is 6.75. The molecule has 3 rings (SSSR count). The number of rotatable bonds is 3. The minimum atomic E-state index is -0.438. The van der Waals surface area contributed by atoms with Gasteiger partial charge in [-0.1, -0.05) is 34.1 Å². The first kappa shape index (κ1) is 17.4. The topological polar surface area (TPSA) is 51.1 Å². The Morgan fingerprint density at radius 1 is 1.20 bits per heavy atom. The van der Waals surface area contributed by atoms with Gasteiger partial charge < -0.3 is 9.88 Å². The lowest BCUT2D eigenvalue weighted by Gasteiger charge is -2.13. The number of pyridine rings is 1. The molecule has 1 amide bonds. The van der Waals surface area contributed by atoms with Crippen LogP contribution in [0.1, 0.15) is 21.5 Å². The van der Waals surface area contributed by atoms with Crippen LogP contribution in [0.15, 0.2) is 51.7 Å². The summed E-state index contributed by atoms with van der Waals surface area (Å²) < 4.78 is 15.3. The summed E-state index contributed by atoms with van der Waals surface area (Å²) in [5.41, 5.74) is 1.93. The number of hydrogen-bond donors (Lipinski definition) is 1. The molecule has 0 aliphatic heterocycles. The highest BCUT2D eigenvalue weighted by molar-refractivity contribution is 9.10. The van der Waals surface area contributed by atoms with Crippen molar-refractivity contribution >= 4 is 32.7 Å². The van der Waals surface area contributed by atoms with Crippen molar-refractivity contribution in [3.63, 3.8) is 0 Å². The third-order valence-corrected chi connectivity index (χ3v) is 4.71. The van der Waals surface area contributed by atoms with Crippen molar-refractivity contribution in [3.8, 4) is 0 Å². The molecule has 128 valence electrons. The third-order valence-electron chi connectivity index (χ3n) is 4.21. The highest BCUT2D eigenvalue weighted by atomic mass is 79.9. The number of amides is 1. The molecule has 3 aromatic rings. The van der Waals surface area contributed by atoms with E-state index in [-0.39, 0.29) is 23.5 Å². The lowest BCUT2D eigenvalue weighted by molar-refractivity contribution is 0.0948. The maximum absolute atomic E-state index is 12.9. The summed E-state index contributed by atoms with van der Waals surface area (Å²) in [6.07, 6.45) is 0. The van der Waals surface area contributed by atoms with Crippen LogP contribution in [-0.2, 0) is 13.6 Å². The van der Waals surface area contributed by atoms with Gasteiger partial charge in [-0.15, -0.1) is 0 Å². The van der Waals surface area contributed by atoms with Crippen molar-refractivity contribution in [2.45, 2.75) is 13.5 Å². The smallest absolute Gasteiger partial charge is 0.263 e. The van der Waals surface area contributed by atoms with Gasteiger partial charge in [0.05, 0.1) is 5.52 Å². The molecule has 0 aliphatic rings. The Bertz CT molecular complexity index is 1030. The fraction of sp³-hybridized carbons (Fsp3) is 0.158. The van der Waals surface area contributed by atoms with Crippen LogP contribution in [0.2, 0.25) is 0 Å². The first-order valence-corrected chi connectivity index (χ1v) is 8.49. The van der Waals surface area contributed by atoms with E-state index in [0.717, 1.165) is 20.9 Å². The Morgan fingerprint density at radius 2 is 1.88 bits per heavy atom. The molecule has 6 heteroatoms. The molecule has 25 heavy (non-hydrogen) atoms. The van der Waals surface area contributed by atoms with Gasteiger partial charge >= 0.3 is 0 Å². The molecular formula is C19H16BrFN2O2. The summed E-state index contributed by atoms with van der Waals surface area (Å²) in [4.78, 5) is 25.2. The van der Waals surface area contributed by atoms with Crippen molar-refractivity contribution in [2.24, 2.45) is 7.05 Å². The number of fused-ring (bicyclic) bond motifs is 1. The summed E-state index contributed by atoms with van der Waals surface area (Å²) >= 11 is 3.40. The molecule has 0 saturated heterocycles. The van der Waals surface area contributed by atoms with Gasteiger partial charge in [-0.2, -0.15) is 0 Å². The van der Waals surface area contributed by atoms with Crippen molar-refractivity contribution in [1.82, 2.24) is 9.88 Å². The molecule has 0 spiro atoms. The van der Waals surface area contributed by atoms with Crippen molar-refractivity contribution in [2.75, 3.05) is 0 Å². The number of halogens is 2. The van der Waals surface area contributed by atoms with E-state index in [9.17, 15) is 14.0 Å². The Hall–Kier alpha value is -2.47. The summed E-state index contributed by atoms with van der Waals surface area (Å²) in [5.74, 6) is -0.771. The van der Waals surface area contributed by atoms with E-state index in [1.54, 1.807) is 26.1 Å². The van der Waals surface area contributed by atoms with E-state index in [0.29, 0.717) is 5.56 Å². The highest BCUT2D eigenvalue weighted by Gasteiger charge is 2.18. The number of carbonyl (C=O) groups excluding carboxylic acids is 1. The van der Waals surface area contributed by atoms with E-state index < -0.39 is 5.91 Å². The molecule has 0 atom stereocenters. The van der Waals surface area contributed by atoms with Crippen LogP contribution >= 0.6 is 15.9 Å². The fourth-order valence-electron chi connectivity index (χ4n) is 2.81. The van der Waals surface area contributed by atoms with Gasteiger partial charge in [-0.05, 0) is 42.3 Å². The van der Waals surface area contributed by atoms with E-state index in [1.165, 1.54) is 16.7 Å². The van der Waals surface area contributed by atoms with Crippen LogP contribution in [0.4, 0.5) is 4.39 Å². The average Bonchev–Trinajstić information content (AvgIpc) is 2.59. The molecule has 0 unspecified atom stereocenters. The molecule has 2 aromatic carbocycles. The second kappa shape index (κ2) is 6.80. The molecule has 0 bridgehead atoms. The maximum Gasteiger partial charge on any atom is 0.263 e. The van der Waals surface area contributed by atoms with Gasteiger partial charge in [0, 0.05) is 23.5 Å². The zero-order chi connectivity index (χ0) is 18.1. The third kappa shape index (κ3) is 3.35. The minimum absolute atomic E-state index is 0.124. The van der Waals surface area contributed by atoms with Gasteiger partial charge in [0.1, 0.15) is 11.4 Å². The quantitative estimate of drug-likeness (QED) is 0.726. The number of carbonyl (C=O) groups is 1. The molecular weight excluding hydrogens is 387 g/mol. The summed E-state index contributed by atoms with van der Waals surface area (Å²) in [5, 5.41) is 3.58. The number of benzene rings is 2. The number of nitrogens with zero attached hydrogens (tertiary/aromatic N) is 1. The number of hydrogen-bond acceptors (Lipinski definition) is 2. The molecule has 0 fully saturated rings. The van der Waals surface area contributed by atoms with E-state index in [4.69, 9.17) is 0 Å². The normalized spacial score (nSPS) is 10.9. The van der Waals surface area contributed by atoms with E-state index in [1.807, 2.05) is 18.2 Å². The first-order valence-electron chi connectivity index (χ1n) is 7.70. The lowest BCUT2D eigenvalue weighted by Crippen LogP contribution is -2.33. The van der Waals surface area contributed by atoms with Crippen LogP contribution < -0.4 is 10.9 Å². The zero-order valence-electron chi connectivity index (χ0n) is 13.8. The minimum Gasteiger partial charge on any atom is -0.348 e.